The molecule has 0 aliphatic carbocycles. The zero-order chi connectivity index (χ0) is 10.2. The second-order valence-corrected chi connectivity index (χ2v) is 5.52. The molecule has 74 valence electrons. The second kappa shape index (κ2) is 3.43. The van der Waals surface area contributed by atoms with Crippen LogP contribution < -0.4 is 0 Å². The van der Waals surface area contributed by atoms with Gasteiger partial charge in [-0.3, -0.25) is 0 Å². The zero-order valence-electron chi connectivity index (χ0n) is 8.63. The number of hydrogen-bond acceptors (Lipinski definition) is 2. The summed E-state index contributed by atoms with van der Waals surface area (Å²) in [5.74, 6) is 1.21. The quantitative estimate of drug-likeness (QED) is 0.697. The van der Waals surface area contributed by atoms with Gasteiger partial charge in [0, 0.05) is 11.1 Å². The fourth-order valence-electron chi connectivity index (χ4n) is 1.84. The van der Waals surface area contributed by atoms with Gasteiger partial charge in [0.25, 0.3) is 0 Å². The molecule has 0 amide bonds. The van der Waals surface area contributed by atoms with Crippen LogP contribution in [0.15, 0.2) is 23.1 Å². The van der Waals surface area contributed by atoms with Crippen molar-refractivity contribution in [2.45, 2.75) is 30.6 Å². The number of rotatable bonds is 1. The Labute approximate surface area is 89.4 Å². The normalized spacial score (nSPS) is 18.7. The molecule has 1 nitrogen and oxygen atoms in total. The molecule has 1 aromatic carbocycles. The largest absolute Gasteiger partial charge is 0.308 e. The number of thioether (sulfide) groups is 1. The molecule has 0 saturated heterocycles. The first-order valence-corrected chi connectivity index (χ1v) is 5.90. The maximum absolute atomic E-state index is 7.26. The number of nitrogens with one attached hydrogen (secondary N) is 1. The molecule has 0 unspecified atom stereocenters. The van der Waals surface area contributed by atoms with Crippen LogP contribution in [0.4, 0.5) is 0 Å². The molecule has 1 aromatic rings. The van der Waals surface area contributed by atoms with Crippen LogP contribution in [0, 0.1) is 5.41 Å². The third-order valence-electron chi connectivity index (χ3n) is 2.88. The maximum atomic E-state index is 7.26. The Balaban J connectivity index is 2.54. The summed E-state index contributed by atoms with van der Waals surface area (Å²) in [5, 5.41) is 7.26. The summed E-state index contributed by atoms with van der Waals surface area (Å²) < 4.78 is 0. The molecule has 14 heavy (non-hydrogen) atoms. The first kappa shape index (κ1) is 9.78. The van der Waals surface area contributed by atoms with E-state index in [9.17, 15) is 0 Å². The molecule has 0 fully saturated rings. The molecule has 2 heteroatoms. The van der Waals surface area contributed by atoms with Crippen molar-refractivity contribution in [3.05, 3.63) is 29.3 Å². The lowest BCUT2D eigenvalue weighted by Gasteiger charge is -2.32. The summed E-state index contributed by atoms with van der Waals surface area (Å²) >= 11 is 1.94. The van der Waals surface area contributed by atoms with Crippen LogP contribution in [0.5, 0.6) is 0 Å². The highest BCUT2D eigenvalue weighted by molar-refractivity contribution is 7.99. The molecule has 2 rings (SSSR count). The van der Waals surface area contributed by atoms with Gasteiger partial charge in [-0.2, -0.15) is 0 Å². The average Bonchev–Trinajstić information content (AvgIpc) is 2.17. The third kappa shape index (κ3) is 1.59. The van der Waals surface area contributed by atoms with Gasteiger partial charge in [0.05, 0.1) is 0 Å². The third-order valence-corrected chi connectivity index (χ3v) is 3.96. The van der Waals surface area contributed by atoms with Crippen molar-refractivity contribution in [1.29, 1.82) is 5.41 Å². The Morgan fingerprint density at radius 2 is 2.21 bits per heavy atom. The van der Waals surface area contributed by atoms with Crippen LogP contribution in [0.25, 0.3) is 0 Å². The zero-order valence-corrected chi connectivity index (χ0v) is 9.45. The van der Waals surface area contributed by atoms with E-state index in [0.717, 1.165) is 5.56 Å². The summed E-state index contributed by atoms with van der Waals surface area (Å²) in [4.78, 5) is 1.40. The number of hydrogen-bond donors (Lipinski definition) is 1. The lowest BCUT2D eigenvalue weighted by atomic mass is 9.81. The monoisotopic (exact) mass is 205 g/mol. The first-order chi connectivity index (χ1) is 6.63. The standard InChI is InChI=1S/C12H15NS/c1-12(2)5-6-14-11-4-3-9(8-13)7-10(11)12/h3-4,7-8,13H,5-6H2,1-2H3. The summed E-state index contributed by atoms with van der Waals surface area (Å²) in [6, 6.07) is 6.34. The predicted molar refractivity (Wildman–Crippen MR) is 62.7 cm³/mol. The maximum Gasteiger partial charge on any atom is 0.0250 e. The molecule has 1 N–H and O–H groups in total. The van der Waals surface area contributed by atoms with E-state index in [1.54, 1.807) is 0 Å². The molecule has 1 heterocycles. The van der Waals surface area contributed by atoms with Crippen LogP contribution in [0.2, 0.25) is 0 Å². The van der Waals surface area contributed by atoms with E-state index in [1.165, 1.54) is 28.8 Å². The van der Waals surface area contributed by atoms with Gasteiger partial charge in [0.15, 0.2) is 0 Å². The highest BCUT2D eigenvalue weighted by atomic mass is 32.2. The van der Waals surface area contributed by atoms with Gasteiger partial charge in [0.1, 0.15) is 0 Å². The topological polar surface area (TPSA) is 23.9 Å². The molecule has 0 saturated carbocycles. The Hall–Kier alpha value is -0.760. The summed E-state index contributed by atoms with van der Waals surface area (Å²) in [6.07, 6.45) is 2.65. The van der Waals surface area contributed by atoms with Crippen molar-refractivity contribution < 1.29 is 0 Å². The molecule has 0 atom stereocenters. The molecule has 0 spiro atoms. The van der Waals surface area contributed by atoms with E-state index in [-0.39, 0.29) is 5.41 Å². The van der Waals surface area contributed by atoms with Crippen molar-refractivity contribution in [3.8, 4) is 0 Å². The lowest BCUT2D eigenvalue weighted by molar-refractivity contribution is 0.494. The van der Waals surface area contributed by atoms with E-state index >= 15 is 0 Å². The van der Waals surface area contributed by atoms with Crippen LogP contribution >= 0.6 is 11.8 Å². The van der Waals surface area contributed by atoms with Gasteiger partial charge >= 0.3 is 0 Å². The minimum Gasteiger partial charge on any atom is -0.308 e. The van der Waals surface area contributed by atoms with Crippen molar-refractivity contribution >= 4 is 18.0 Å². The fourth-order valence-corrected chi connectivity index (χ4v) is 3.33. The van der Waals surface area contributed by atoms with Gasteiger partial charge in [0.2, 0.25) is 0 Å². The Kier molecular flexibility index (Phi) is 2.40. The molecule has 0 bridgehead atoms. The van der Waals surface area contributed by atoms with Crippen molar-refractivity contribution in [1.82, 2.24) is 0 Å². The Bertz CT molecular complexity index is 369. The van der Waals surface area contributed by atoms with Crippen LogP contribution in [0.1, 0.15) is 31.4 Å². The summed E-state index contributed by atoms with van der Waals surface area (Å²) in [7, 11) is 0. The van der Waals surface area contributed by atoms with Gasteiger partial charge in [-0.25, -0.2) is 0 Å². The number of benzene rings is 1. The minimum absolute atomic E-state index is 0.277. The van der Waals surface area contributed by atoms with Crippen LogP contribution in [-0.2, 0) is 5.41 Å². The Morgan fingerprint density at radius 3 is 2.93 bits per heavy atom. The molecule has 0 aromatic heterocycles. The SMILES string of the molecule is CC1(C)CCSc2ccc(C=N)cc21. The highest BCUT2D eigenvalue weighted by Gasteiger charge is 2.27. The van der Waals surface area contributed by atoms with E-state index in [1.807, 2.05) is 17.8 Å². The van der Waals surface area contributed by atoms with Crippen molar-refractivity contribution in [2.24, 2.45) is 0 Å². The lowest BCUT2D eigenvalue weighted by Crippen LogP contribution is -2.22. The van der Waals surface area contributed by atoms with Gasteiger partial charge in [-0.15, -0.1) is 11.8 Å². The fraction of sp³-hybridized carbons (Fsp3) is 0.417. The van der Waals surface area contributed by atoms with E-state index in [0.29, 0.717) is 0 Å². The van der Waals surface area contributed by atoms with Crippen LogP contribution in [-0.4, -0.2) is 12.0 Å². The molecular weight excluding hydrogens is 190 g/mol. The van der Waals surface area contributed by atoms with E-state index in [2.05, 4.69) is 26.0 Å². The van der Waals surface area contributed by atoms with Crippen molar-refractivity contribution in [3.63, 3.8) is 0 Å². The Morgan fingerprint density at radius 1 is 1.43 bits per heavy atom. The summed E-state index contributed by atoms with van der Waals surface area (Å²) in [6.45, 7) is 4.58. The summed E-state index contributed by atoms with van der Waals surface area (Å²) in [5.41, 5.74) is 2.70. The predicted octanol–water partition coefficient (Wildman–Crippen LogP) is 3.46. The number of fused-ring (bicyclic) bond motifs is 1. The van der Waals surface area contributed by atoms with E-state index in [4.69, 9.17) is 5.41 Å². The van der Waals surface area contributed by atoms with Gasteiger partial charge < -0.3 is 5.41 Å². The van der Waals surface area contributed by atoms with Gasteiger partial charge in [-0.1, -0.05) is 19.9 Å². The van der Waals surface area contributed by atoms with Crippen LogP contribution in [0.3, 0.4) is 0 Å². The molecule has 1 aliphatic rings. The van der Waals surface area contributed by atoms with Crippen molar-refractivity contribution in [2.75, 3.05) is 5.75 Å². The molecule has 0 radical (unpaired) electrons. The molecular formula is C12H15NS. The average molecular weight is 205 g/mol. The smallest absolute Gasteiger partial charge is 0.0250 e. The highest BCUT2D eigenvalue weighted by Crippen LogP contribution is 2.41. The second-order valence-electron chi connectivity index (χ2n) is 4.38. The first-order valence-electron chi connectivity index (χ1n) is 4.91. The molecule has 1 aliphatic heterocycles. The minimum atomic E-state index is 0.277. The van der Waals surface area contributed by atoms with Gasteiger partial charge in [-0.05, 0) is 40.8 Å². The van der Waals surface area contributed by atoms with E-state index < -0.39 is 0 Å².